The second-order valence-electron chi connectivity index (χ2n) is 8.01. The van der Waals surface area contributed by atoms with Crippen LogP contribution in [0.15, 0.2) is 18.3 Å². The minimum Gasteiger partial charge on any atom is -0.371 e. The van der Waals surface area contributed by atoms with Crippen molar-refractivity contribution in [3.63, 3.8) is 0 Å². The Balaban J connectivity index is 1.71. The molecule has 4 nitrogen and oxygen atoms in total. The van der Waals surface area contributed by atoms with E-state index >= 15 is 0 Å². The van der Waals surface area contributed by atoms with Crippen molar-refractivity contribution in [1.82, 2.24) is 15.2 Å². The van der Waals surface area contributed by atoms with Gasteiger partial charge in [-0.3, -0.25) is 10.1 Å². The molecule has 4 rings (SSSR count). The number of anilines is 1. The maximum atomic E-state index is 4.73. The molecule has 0 radical (unpaired) electrons. The molecule has 0 atom stereocenters. The fourth-order valence-electron chi connectivity index (χ4n) is 3.37. The number of nitrogens with one attached hydrogen (secondary N) is 1. The summed E-state index contributed by atoms with van der Waals surface area (Å²) in [5.41, 5.74) is 6.03. The Kier molecular flexibility index (Phi) is 3.43. The van der Waals surface area contributed by atoms with Gasteiger partial charge in [0.1, 0.15) is 5.69 Å². The first-order valence-electron chi connectivity index (χ1n) is 8.83. The molecule has 3 heterocycles. The lowest BCUT2D eigenvalue weighted by Crippen LogP contribution is -2.19. The minimum absolute atomic E-state index is 0.0803. The molecule has 0 unspecified atom stereocenters. The van der Waals surface area contributed by atoms with Crippen LogP contribution in [-0.2, 0) is 5.41 Å². The molecule has 23 heavy (non-hydrogen) atoms. The average molecular weight is 310 g/mol. The van der Waals surface area contributed by atoms with Gasteiger partial charge in [0, 0.05) is 36.1 Å². The highest BCUT2D eigenvalue weighted by Gasteiger charge is 2.29. The average Bonchev–Trinajstić information content (AvgIpc) is 3.04. The van der Waals surface area contributed by atoms with Gasteiger partial charge in [-0.05, 0) is 49.3 Å². The molecule has 4 heteroatoms. The number of H-pyrrole nitrogens is 1. The highest BCUT2D eigenvalue weighted by molar-refractivity contribution is 5.66. The zero-order valence-corrected chi connectivity index (χ0v) is 14.4. The molecule has 0 aromatic carbocycles. The third kappa shape index (κ3) is 2.87. The largest absolute Gasteiger partial charge is 0.371 e. The zero-order chi connectivity index (χ0) is 16.0. The highest BCUT2D eigenvalue weighted by atomic mass is 15.2. The van der Waals surface area contributed by atoms with Gasteiger partial charge in [-0.25, -0.2) is 0 Å². The van der Waals surface area contributed by atoms with Crippen molar-refractivity contribution in [2.45, 2.75) is 57.8 Å². The van der Waals surface area contributed by atoms with E-state index in [9.17, 15) is 0 Å². The van der Waals surface area contributed by atoms with Crippen molar-refractivity contribution >= 4 is 5.69 Å². The van der Waals surface area contributed by atoms with E-state index in [0.29, 0.717) is 0 Å². The Hall–Kier alpha value is -1.84. The van der Waals surface area contributed by atoms with Gasteiger partial charge in [-0.2, -0.15) is 5.10 Å². The van der Waals surface area contributed by atoms with Crippen LogP contribution in [0, 0.1) is 0 Å². The third-order valence-corrected chi connectivity index (χ3v) is 5.02. The Bertz CT molecular complexity index is 700. The topological polar surface area (TPSA) is 44.8 Å². The molecule has 2 aliphatic rings. The minimum atomic E-state index is 0.0803. The molecular formula is C19H26N4. The van der Waals surface area contributed by atoms with Crippen LogP contribution in [0.3, 0.4) is 0 Å². The molecule has 2 aromatic rings. The standard InChI is InChI=1S/C19H26N4/c1-19(2,3)18-11-16(21-22-18)15-10-17(23-8-4-5-9-23)14(12-20-15)13-6-7-13/h10-13H,4-9H2,1-3H3,(H,21,22). The fraction of sp³-hybridized carbons (Fsp3) is 0.579. The molecule has 2 fully saturated rings. The van der Waals surface area contributed by atoms with Crippen LogP contribution in [0.1, 0.15) is 63.6 Å². The lowest BCUT2D eigenvalue weighted by atomic mass is 9.92. The lowest BCUT2D eigenvalue weighted by Gasteiger charge is -2.21. The normalized spacial score (nSPS) is 18.7. The first-order valence-corrected chi connectivity index (χ1v) is 8.83. The fourth-order valence-corrected chi connectivity index (χ4v) is 3.37. The summed E-state index contributed by atoms with van der Waals surface area (Å²) in [6.07, 6.45) is 7.35. The molecule has 0 bridgehead atoms. The van der Waals surface area contributed by atoms with Gasteiger partial charge < -0.3 is 4.90 Å². The van der Waals surface area contributed by atoms with E-state index in [1.54, 1.807) is 0 Å². The summed E-state index contributed by atoms with van der Waals surface area (Å²) in [6.45, 7) is 8.95. The van der Waals surface area contributed by atoms with E-state index in [1.807, 2.05) is 0 Å². The van der Waals surface area contributed by atoms with E-state index in [-0.39, 0.29) is 5.41 Å². The van der Waals surface area contributed by atoms with Crippen LogP contribution in [-0.4, -0.2) is 28.3 Å². The van der Waals surface area contributed by atoms with Crippen LogP contribution in [0.5, 0.6) is 0 Å². The molecule has 122 valence electrons. The SMILES string of the molecule is CC(C)(C)c1cc(-c2cc(N3CCCC3)c(C3CC3)cn2)n[nH]1. The number of pyridine rings is 1. The van der Waals surface area contributed by atoms with Gasteiger partial charge in [-0.15, -0.1) is 0 Å². The summed E-state index contributed by atoms with van der Waals surface area (Å²) in [4.78, 5) is 7.27. The molecule has 1 saturated heterocycles. The molecule has 1 aliphatic carbocycles. The molecule has 0 amide bonds. The Morgan fingerprint density at radius 1 is 1.09 bits per heavy atom. The molecule has 2 aromatic heterocycles. The van der Waals surface area contributed by atoms with Crippen molar-refractivity contribution in [1.29, 1.82) is 0 Å². The van der Waals surface area contributed by atoms with Gasteiger partial charge >= 0.3 is 0 Å². The summed E-state index contributed by atoms with van der Waals surface area (Å²) >= 11 is 0. The number of rotatable bonds is 3. The van der Waals surface area contributed by atoms with Gasteiger partial charge in [0.05, 0.1) is 5.69 Å². The van der Waals surface area contributed by atoms with E-state index in [4.69, 9.17) is 4.98 Å². The Labute approximate surface area is 138 Å². The summed E-state index contributed by atoms with van der Waals surface area (Å²) < 4.78 is 0. The molecule has 1 aliphatic heterocycles. The van der Waals surface area contributed by atoms with Crippen LogP contribution < -0.4 is 4.90 Å². The number of nitrogens with zero attached hydrogens (tertiary/aromatic N) is 3. The quantitative estimate of drug-likeness (QED) is 0.922. The number of hydrogen-bond donors (Lipinski definition) is 1. The Morgan fingerprint density at radius 3 is 2.43 bits per heavy atom. The molecule has 0 spiro atoms. The summed E-state index contributed by atoms with van der Waals surface area (Å²) in [6, 6.07) is 4.41. The van der Waals surface area contributed by atoms with Gasteiger partial charge in [0.15, 0.2) is 0 Å². The lowest BCUT2D eigenvalue weighted by molar-refractivity contribution is 0.567. The number of hydrogen-bond acceptors (Lipinski definition) is 3. The van der Waals surface area contributed by atoms with Crippen molar-refractivity contribution in [2.75, 3.05) is 18.0 Å². The van der Waals surface area contributed by atoms with E-state index in [1.165, 1.54) is 50.0 Å². The van der Waals surface area contributed by atoms with Crippen LogP contribution in [0.4, 0.5) is 5.69 Å². The third-order valence-electron chi connectivity index (χ3n) is 5.02. The highest BCUT2D eigenvalue weighted by Crippen LogP contribution is 2.45. The van der Waals surface area contributed by atoms with Crippen LogP contribution in [0.2, 0.25) is 0 Å². The predicted molar refractivity (Wildman–Crippen MR) is 93.9 cm³/mol. The van der Waals surface area contributed by atoms with Crippen molar-refractivity contribution in [3.8, 4) is 11.4 Å². The van der Waals surface area contributed by atoms with Gasteiger partial charge in [0.25, 0.3) is 0 Å². The maximum absolute atomic E-state index is 4.73. The summed E-state index contributed by atoms with van der Waals surface area (Å²) in [7, 11) is 0. The maximum Gasteiger partial charge on any atom is 0.111 e. The van der Waals surface area contributed by atoms with Crippen molar-refractivity contribution in [3.05, 3.63) is 29.6 Å². The summed E-state index contributed by atoms with van der Waals surface area (Å²) in [5.74, 6) is 0.733. The first-order chi connectivity index (χ1) is 11.0. The number of aromatic nitrogens is 3. The smallest absolute Gasteiger partial charge is 0.111 e. The van der Waals surface area contributed by atoms with Gasteiger partial charge in [-0.1, -0.05) is 20.8 Å². The Morgan fingerprint density at radius 2 is 1.83 bits per heavy atom. The summed E-state index contributed by atoms with van der Waals surface area (Å²) in [5, 5.41) is 7.68. The van der Waals surface area contributed by atoms with E-state index in [0.717, 1.165) is 23.0 Å². The zero-order valence-electron chi connectivity index (χ0n) is 14.4. The molecular weight excluding hydrogens is 284 g/mol. The predicted octanol–water partition coefficient (Wildman–Crippen LogP) is 4.25. The van der Waals surface area contributed by atoms with E-state index < -0.39 is 0 Å². The van der Waals surface area contributed by atoms with Crippen LogP contribution in [0.25, 0.3) is 11.4 Å². The molecule has 1 N–H and O–H groups in total. The van der Waals surface area contributed by atoms with E-state index in [2.05, 4.69) is 54.2 Å². The monoisotopic (exact) mass is 310 g/mol. The van der Waals surface area contributed by atoms with Crippen LogP contribution >= 0.6 is 0 Å². The number of aromatic amines is 1. The first kappa shape index (κ1) is 14.7. The second-order valence-corrected chi connectivity index (χ2v) is 8.01. The van der Waals surface area contributed by atoms with Gasteiger partial charge in [0.2, 0.25) is 0 Å². The van der Waals surface area contributed by atoms with Crippen molar-refractivity contribution in [2.24, 2.45) is 0 Å². The second kappa shape index (κ2) is 5.36. The molecule has 1 saturated carbocycles. The van der Waals surface area contributed by atoms with Crippen molar-refractivity contribution < 1.29 is 0 Å².